The number of nitrogens with one attached hydrogen (secondary N) is 1. The standard InChI is InChI=1S/C15H20BrNO3/c1-15(2,14(19)20)8-9-17-13(18)7-6-11-4-3-5-12(16)10-11/h3-5,10H,6-9H2,1-2H3,(H,17,18)(H,19,20). The number of halogens is 1. The molecule has 1 amide bonds. The molecule has 20 heavy (non-hydrogen) atoms. The minimum atomic E-state index is -0.846. The van der Waals surface area contributed by atoms with Gasteiger partial charge < -0.3 is 10.4 Å². The van der Waals surface area contributed by atoms with Crippen molar-refractivity contribution in [2.75, 3.05) is 6.54 Å². The highest BCUT2D eigenvalue weighted by Gasteiger charge is 2.26. The van der Waals surface area contributed by atoms with Crippen LogP contribution in [0.1, 0.15) is 32.3 Å². The van der Waals surface area contributed by atoms with Crippen molar-refractivity contribution in [2.24, 2.45) is 5.41 Å². The van der Waals surface area contributed by atoms with Crippen LogP contribution in [-0.4, -0.2) is 23.5 Å². The van der Waals surface area contributed by atoms with Crippen LogP contribution in [0.4, 0.5) is 0 Å². The number of carboxylic acids is 1. The van der Waals surface area contributed by atoms with Gasteiger partial charge in [0.25, 0.3) is 0 Å². The van der Waals surface area contributed by atoms with Crippen molar-refractivity contribution in [3.8, 4) is 0 Å². The van der Waals surface area contributed by atoms with Crippen LogP contribution in [0.3, 0.4) is 0 Å². The van der Waals surface area contributed by atoms with Crippen LogP contribution in [0.15, 0.2) is 28.7 Å². The van der Waals surface area contributed by atoms with Gasteiger partial charge in [-0.05, 0) is 44.4 Å². The molecule has 0 aliphatic rings. The fraction of sp³-hybridized carbons (Fsp3) is 0.467. The minimum absolute atomic E-state index is 0.0498. The summed E-state index contributed by atoms with van der Waals surface area (Å²) in [4.78, 5) is 22.6. The molecule has 0 fully saturated rings. The van der Waals surface area contributed by atoms with Crippen molar-refractivity contribution < 1.29 is 14.7 Å². The highest BCUT2D eigenvalue weighted by atomic mass is 79.9. The predicted molar refractivity (Wildman–Crippen MR) is 81.5 cm³/mol. The molecule has 110 valence electrons. The predicted octanol–water partition coefficient (Wildman–Crippen LogP) is 3.00. The number of rotatable bonds is 7. The number of amides is 1. The summed E-state index contributed by atoms with van der Waals surface area (Å²) in [5, 5.41) is 11.7. The molecular formula is C15H20BrNO3. The second-order valence-electron chi connectivity index (χ2n) is 5.42. The largest absolute Gasteiger partial charge is 0.481 e. The Morgan fingerprint density at radius 1 is 1.35 bits per heavy atom. The second kappa shape index (κ2) is 7.43. The highest BCUT2D eigenvalue weighted by molar-refractivity contribution is 9.10. The first kappa shape index (κ1) is 16.7. The molecular weight excluding hydrogens is 322 g/mol. The van der Waals surface area contributed by atoms with E-state index >= 15 is 0 Å². The summed E-state index contributed by atoms with van der Waals surface area (Å²) < 4.78 is 0.999. The molecule has 0 bridgehead atoms. The molecule has 1 rings (SSSR count). The van der Waals surface area contributed by atoms with E-state index in [9.17, 15) is 9.59 Å². The Labute approximate surface area is 127 Å². The van der Waals surface area contributed by atoms with Gasteiger partial charge in [0.1, 0.15) is 0 Å². The Balaban J connectivity index is 2.29. The van der Waals surface area contributed by atoms with Crippen LogP contribution in [0.25, 0.3) is 0 Å². The molecule has 4 nitrogen and oxygen atoms in total. The topological polar surface area (TPSA) is 66.4 Å². The number of aliphatic carboxylic acids is 1. The third kappa shape index (κ3) is 5.74. The molecule has 2 N–H and O–H groups in total. The Morgan fingerprint density at radius 2 is 2.05 bits per heavy atom. The highest BCUT2D eigenvalue weighted by Crippen LogP contribution is 2.19. The lowest BCUT2D eigenvalue weighted by atomic mass is 9.90. The lowest BCUT2D eigenvalue weighted by molar-refractivity contribution is -0.147. The van der Waals surface area contributed by atoms with Crippen LogP contribution in [-0.2, 0) is 16.0 Å². The van der Waals surface area contributed by atoms with Gasteiger partial charge in [0.05, 0.1) is 5.41 Å². The molecule has 0 aromatic heterocycles. The molecule has 0 aliphatic carbocycles. The van der Waals surface area contributed by atoms with E-state index in [1.165, 1.54) is 0 Å². The number of benzene rings is 1. The Kier molecular flexibility index (Phi) is 6.20. The molecule has 5 heteroatoms. The molecule has 0 radical (unpaired) electrons. The number of carbonyl (C=O) groups is 2. The van der Waals surface area contributed by atoms with E-state index in [-0.39, 0.29) is 5.91 Å². The first-order chi connectivity index (χ1) is 9.31. The third-order valence-corrected chi connectivity index (χ3v) is 3.67. The minimum Gasteiger partial charge on any atom is -0.481 e. The van der Waals surface area contributed by atoms with E-state index < -0.39 is 11.4 Å². The van der Waals surface area contributed by atoms with Gasteiger partial charge in [0.15, 0.2) is 0 Å². The maximum absolute atomic E-state index is 11.7. The lowest BCUT2D eigenvalue weighted by Crippen LogP contribution is -2.32. The van der Waals surface area contributed by atoms with Crippen molar-refractivity contribution >= 4 is 27.8 Å². The van der Waals surface area contributed by atoms with E-state index in [2.05, 4.69) is 21.2 Å². The van der Waals surface area contributed by atoms with Gasteiger partial charge in [-0.15, -0.1) is 0 Å². The third-order valence-electron chi connectivity index (χ3n) is 3.18. The van der Waals surface area contributed by atoms with Crippen molar-refractivity contribution in [1.82, 2.24) is 5.32 Å². The number of hydrogen-bond acceptors (Lipinski definition) is 2. The van der Waals surface area contributed by atoms with E-state index in [1.54, 1.807) is 13.8 Å². The number of hydrogen-bond donors (Lipinski definition) is 2. The summed E-state index contributed by atoms with van der Waals surface area (Å²) in [5.41, 5.74) is 0.290. The van der Waals surface area contributed by atoms with Crippen molar-refractivity contribution in [2.45, 2.75) is 33.1 Å². The van der Waals surface area contributed by atoms with Gasteiger partial charge in [-0.25, -0.2) is 0 Å². The summed E-state index contributed by atoms with van der Waals surface area (Å²) in [6, 6.07) is 7.84. The fourth-order valence-corrected chi connectivity index (χ4v) is 2.11. The van der Waals surface area contributed by atoms with E-state index in [0.717, 1.165) is 10.0 Å². The van der Waals surface area contributed by atoms with Crippen molar-refractivity contribution in [1.29, 1.82) is 0 Å². The summed E-state index contributed by atoms with van der Waals surface area (Å²) >= 11 is 3.39. The van der Waals surface area contributed by atoms with E-state index in [4.69, 9.17) is 5.11 Å². The van der Waals surface area contributed by atoms with Crippen molar-refractivity contribution in [3.63, 3.8) is 0 Å². The van der Waals surface area contributed by atoms with Gasteiger partial charge in [-0.2, -0.15) is 0 Å². The van der Waals surface area contributed by atoms with Gasteiger partial charge in [0.2, 0.25) is 5.91 Å². The molecule has 0 atom stereocenters. The Hall–Kier alpha value is -1.36. The Morgan fingerprint density at radius 3 is 2.65 bits per heavy atom. The molecule has 1 aromatic rings. The maximum Gasteiger partial charge on any atom is 0.309 e. The Bertz CT molecular complexity index is 486. The van der Waals surface area contributed by atoms with Gasteiger partial charge in [-0.3, -0.25) is 9.59 Å². The van der Waals surface area contributed by atoms with Gasteiger partial charge in [-0.1, -0.05) is 28.1 Å². The number of carboxylic acid groups (broad SMARTS) is 1. The molecule has 0 aliphatic heterocycles. The van der Waals surface area contributed by atoms with Crippen molar-refractivity contribution in [3.05, 3.63) is 34.3 Å². The molecule has 0 heterocycles. The quantitative estimate of drug-likeness (QED) is 0.801. The monoisotopic (exact) mass is 341 g/mol. The van der Waals surface area contributed by atoms with E-state index in [0.29, 0.717) is 25.8 Å². The molecule has 0 saturated heterocycles. The zero-order valence-corrected chi connectivity index (χ0v) is 13.4. The number of carbonyl (C=O) groups excluding carboxylic acids is 1. The summed E-state index contributed by atoms with van der Waals surface area (Å²) in [7, 11) is 0. The summed E-state index contributed by atoms with van der Waals surface area (Å²) in [6.45, 7) is 3.70. The second-order valence-corrected chi connectivity index (χ2v) is 6.33. The fourth-order valence-electron chi connectivity index (χ4n) is 1.66. The first-order valence-corrected chi connectivity index (χ1v) is 7.35. The van der Waals surface area contributed by atoms with Crippen LogP contribution in [0, 0.1) is 5.41 Å². The first-order valence-electron chi connectivity index (χ1n) is 6.56. The lowest BCUT2D eigenvalue weighted by Gasteiger charge is -2.18. The van der Waals surface area contributed by atoms with Crippen LogP contribution in [0.2, 0.25) is 0 Å². The van der Waals surface area contributed by atoms with Gasteiger partial charge in [0, 0.05) is 17.4 Å². The summed E-state index contributed by atoms with van der Waals surface area (Å²) in [6.07, 6.45) is 1.50. The van der Waals surface area contributed by atoms with E-state index in [1.807, 2.05) is 24.3 Å². The smallest absolute Gasteiger partial charge is 0.309 e. The molecule has 0 unspecified atom stereocenters. The maximum atomic E-state index is 11.7. The zero-order chi connectivity index (χ0) is 15.2. The van der Waals surface area contributed by atoms with Crippen LogP contribution >= 0.6 is 15.9 Å². The SMILES string of the molecule is CC(C)(CCNC(=O)CCc1cccc(Br)c1)C(=O)O. The molecule has 1 aromatic carbocycles. The number of aryl methyl sites for hydroxylation is 1. The average Bonchev–Trinajstić information content (AvgIpc) is 2.36. The van der Waals surface area contributed by atoms with Gasteiger partial charge >= 0.3 is 5.97 Å². The molecule has 0 spiro atoms. The zero-order valence-electron chi connectivity index (χ0n) is 11.8. The summed E-state index contributed by atoms with van der Waals surface area (Å²) in [5.74, 6) is -0.896. The van der Waals surface area contributed by atoms with Crippen LogP contribution < -0.4 is 5.32 Å². The normalized spacial score (nSPS) is 11.2. The molecule has 0 saturated carbocycles. The van der Waals surface area contributed by atoms with Crippen LogP contribution in [0.5, 0.6) is 0 Å². The average molecular weight is 342 g/mol.